The highest BCUT2D eigenvalue weighted by Crippen LogP contribution is 2.38. The lowest BCUT2D eigenvalue weighted by atomic mass is 9.77. The minimum atomic E-state index is 0.474. The van der Waals surface area contributed by atoms with Crippen LogP contribution in [-0.4, -0.2) is 43.3 Å². The second-order valence-corrected chi connectivity index (χ2v) is 6.14. The lowest BCUT2D eigenvalue weighted by Gasteiger charge is -2.51. The normalized spacial score (nSPS) is 39.6. The fourth-order valence-corrected chi connectivity index (χ4v) is 3.65. The molecule has 3 rings (SSSR count). The lowest BCUT2D eigenvalue weighted by molar-refractivity contribution is -0.150. The molecular weight excluding hydrogens is 200 g/mol. The molecule has 3 heteroatoms. The van der Waals surface area contributed by atoms with Crippen LogP contribution in [-0.2, 0) is 4.74 Å². The van der Waals surface area contributed by atoms with Crippen molar-refractivity contribution in [1.29, 1.82) is 0 Å². The van der Waals surface area contributed by atoms with Crippen LogP contribution in [0.3, 0.4) is 0 Å². The third-order valence-corrected chi connectivity index (χ3v) is 4.77. The average Bonchev–Trinajstić information content (AvgIpc) is 2.28. The van der Waals surface area contributed by atoms with Gasteiger partial charge in [-0.05, 0) is 45.1 Å². The Labute approximate surface area is 98.3 Å². The van der Waals surface area contributed by atoms with Crippen molar-refractivity contribution in [1.82, 2.24) is 4.90 Å². The highest BCUT2D eigenvalue weighted by atomic mass is 16.5. The molecule has 0 bridgehead atoms. The van der Waals surface area contributed by atoms with Gasteiger partial charge in [-0.15, -0.1) is 0 Å². The molecule has 3 fully saturated rings. The van der Waals surface area contributed by atoms with E-state index in [4.69, 9.17) is 10.5 Å². The first-order valence-corrected chi connectivity index (χ1v) is 6.85. The SMILES string of the molecule is NC1CCC(N2CCCC3(COC3)C2)CC1. The van der Waals surface area contributed by atoms with Gasteiger partial charge in [-0.25, -0.2) is 0 Å². The molecule has 3 aliphatic rings. The van der Waals surface area contributed by atoms with Crippen LogP contribution in [0.25, 0.3) is 0 Å². The summed E-state index contributed by atoms with van der Waals surface area (Å²) >= 11 is 0. The number of nitrogens with zero attached hydrogens (tertiary/aromatic N) is 1. The largest absolute Gasteiger partial charge is 0.380 e. The smallest absolute Gasteiger partial charge is 0.0557 e. The first-order chi connectivity index (χ1) is 7.77. The van der Waals surface area contributed by atoms with Crippen LogP contribution < -0.4 is 5.73 Å². The van der Waals surface area contributed by atoms with Crippen molar-refractivity contribution in [2.45, 2.75) is 50.6 Å². The molecule has 0 aromatic heterocycles. The van der Waals surface area contributed by atoms with Crippen LogP contribution in [0.1, 0.15) is 38.5 Å². The van der Waals surface area contributed by atoms with E-state index >= 15 is 0 Å². The molecule has 2 N–H and O–H groups in total. The number of likely N-dealkylation sites (tertiary alicyclic amines) is 1. The van der Waals surface area contributed by atoms with E-state index in [0.717, 1.165) is 19.3 Å². The molecule has 2 saturated heterocycles. The maximum absolute atomic E-state index is 5.98. The van der Waals surface area contributed by atoms with Crippen LogP contribution >= 0.6 is 0 Å². The second-order valence-electron chi connectivity index (χ2n) is 6.14. The van der Waals surface area contributed by atoms with E-state index in [1.54, 1.807) is 0 Å². The predicted octanol–water partition coefficient (Wildman–Crippen LogP) is 1.37. The van der Waals surface area contributed by atoms with Gasteiger partial charge in [0, 0.05) is 24.0 Å². The lowest BCUT2D eigenvalue weighted by Crippen LogP contribution is -2.57. The Balaban J connectivity index is 1.57. The molecule has 0 radical (unpaired) electrons. The van der Waals surface area contributed by atoms with Crippen LogP contribution in [0.5, 0.6) is 0 Å². The molecule has 0 unspecified atom stereocenters. The molecule has 1 saturated carbocycles. The molecular formula is C13H24N2O. The van der Waals surface area contributed by atoms with Crippen molar-refractivity contribution in [2.24, 2.45) is 11.1 Å². The summed E-state index contributed by atoms with van der Waals surface area (Å²) in [5, 5.41) is 0. The minimum Gasteiger partial charge on any atom is -0.380 e. The summed E-state index contributed by atoms with van der Waals surface area (Å²) in [4.78, 5) is 2.73. The topological polar surface area (TPSA) is 38.5 Å². The molecule has 0 aromatic carbocycles. The van der Waals surface area contributed by atoms with Crippen molar-refractivity contribution in [3.63, 3.8) is 0 Å². The van der Waals surface area contributed by atoms with E-state index in [1.807, 2.05) is 0 Å². The van der Waals surface area contributed by atoms with Gasteiger partial charge in [0.05, 0.1) is 13.2 Å². The summed E-state index contributed by atoms with van der Waals surface area (Å²) in [5.41, 5.74) is 6.52. The Morgan fingerprint density at radius 3 is 2.50 bits per heavy atom. The van der Waals surface area contributed by atoms with Gasteiger partial charge in [-0.1, -0.05) is 0 Å². The van der Waals surface area contributed by atoms with Crippen molar-refractivity contribution in [3.8, 4) is 0 Å². The highest BCUT2D eigenvalue weighted by Gasteiger charge is 2.43. The maximum atomic E-state index is 5.98. The third kappa shape index (κ3) is 2.01. The van der Waals surface area contributed by atoms with Gasteiger partial charge in [0.1, 0.15) is 0 Å². The van der Waals surface area contributed by atoms with Crippen LogP contribution in [0.4, 0.5) is 0 Å². The Bertz CT molecular complexity index is 244. The standard InChI is InChI=1S/C13H24N2O/c14-11-2-4-12(5-3-11)15-7-1-6-13(8-15)9-16-10-13/h11-12H,1-10,14H2. The first kappa shape index (κ1) is 11.0. The van der Waals surface area contributed by atoms with Crippen LogP contribution in [0.2, 0.25) is 0 Å². The van der Waals surface area contributed by atoms with Crippen molar-refractivity contribution in [3.05, 3.63) is 0 Å². The number of hydrogen-bond acceptors (Lipinski definition) is 3. The Hall–Kier alpha value is -0.120. The summed E-state index contributed by atoms with van der Waals surface area (Å²) < 4.78 is 5.42. The number of ether oxygens (including phenoxy) is 1. The zero-order chi connectivity index (χ0) is 11.0. The van der Waals surface area contributed by atoms with Gasteiger partial charge in [-0.2, -0.15) is 0 Å². The Kier molecular flexibility index (Phi) is 2.94. The van der Waals surface area contributed by atoms with Gasteiger partial charge in [0.15, 0.2) is 0 Å². The number of hydrogen-bond donors (Lipinski definition) is 1. The molecule has 0 aromatic rings. The summed E-state index contributed by atoms with van der Waals surface area (Å²) in [5.74, 6) is 0. The van der Waals surface area contributed by atoms with Crippen molar-refractivity contribution >= 4 is 0 Å². The second kappa shape index (κ2) is 4.28. The average molecular weight is 224 g/mol. The monoisotopic (exact) mass is 224 g/mol. The molecule has 2 heterocycles. The zero-order valence-electron chi connectivity index (χ0n) is 10.2. The Morgan fingerprint density at radius 1 is 1.12 bits per heavy atom. The van der Waals surface area contributed by atoms with E-state index in [1.165, 1.54) is 51.6 Å². The van der Waals surface area contributed by atoms with E-state index in [0.29, 0.717) is 11.5 Å². The quantitative estimate of drug-likeness (QED) is 0.731. The van der Waals surface area contributed by atoms with E-state index < -0.39 is 0 Å². The number of piperidine rings is 1. The van der Waals surface area contributed by atoms with E-state index in [-0.39, 0.29) is 0 Å². The highest BCUT2D eigenvalue weighted by molar-refractivity contribution is 4.94. The van der Waals surface area contributed by atoms with Gasteiger partial charge in [-0.3, -0.25) is 4.90 Å². The van der Waals surface area contributed by atoms with Crippen LogP contribution in [0, 0.1) is 5.41 Å². The predicted molar refractivity (Wildman–Crippen MR) is 64.3 cm³/mol. The summed E-state index contributed by atoms with van der Waals surface area (Å²) in [6.45, 7) is 4.61. The molecule has 92 valence electrons. The fourth-order valence-electron chi connectivity index (χ4n) is 3.65. The van der Waals surface area contributed by atoms with Gasteiger partial charge < -0.3 is 10.5 Å². The fraction of sp³-hybridized carbons (Fsp3) is 1.00. The number of nitrogens with two attached hydrogens (primary N) is 1. The van der Waals surface area contributed by atoms with Gasteiger partial charge in [0.2, 0.25) is 0 Å². The van der Waals surface area contributed by atoms with Gasteiger partial charge in [0.25, 0.3) is 0 Å². The Morgan fingerprint density at radius 2 is 1.88 bits per heavy atom. The van der Waals surface area contributed by atoms with E-state index in [2.05, 4.69) is 4.90 Å². The van der Waals surface area contributed by atoms with E-state index in [9.17, 15) is 0 Å². The molecule has 3 nitrogen and oxygen atoms in total. The third-order valence-electron chi connectivity index (χ3n) is 4.77. The number of rotatable bonds is 1. The molecule has 1 aliphatic carbocycles. The summed E-state index contributed by atoms with van der Waals surface area (Å²) in [6, 6.07) is 1.29. The molecule has 1 spiro atoms. The zero-order valence-corrected chi connectivity index (χ0v) is 10.2. The molecule has 0 amide bonds. The molecule has 2 aliphatic heterocycles. The first-order valence-electron chi connectivity index (χ1n) is 6.85. The summed E-state index contributed by atoms with van der Waals surface area (Å²) in [7, 11) is 0. The molecule has 16 heavy (non-hydrogen) atoms. The van der Waals surface area contributed by atoms with Crippen molar-refractivity contribution < 1.29 is 4.74 Å². The minimum absolute atomic E-state index is 0.474. The molecule has 0 atom stereocenters. The maximum Gasteiger partial charge on any atom is 0.0557 e. The summed E-state index contributed by atoms with van der Waals surface area (Å²) in [6.07, 6.45) is 7.84. The van der Waals surface area contributed by atoms with Gasteiger partial charge >= 0.3 is 0 Å². The van der Waals surface area contributed by atoms with Crippen LogP contribution in [0.15, 0.2) is 0 Å². The van der Waals surface area contributed by atoms with Crippen molar-refractivity contribution in [2.75, 3.05) is 26.3 Å².